The van der Waals surface area contributed by atoms with E-state index in [1.165, 1.54) is 7.11 Å². The molecule has 0 aliphatic carbocycles. The molecule has 0 unspecified atom stereocenters. The molecule has 0 saturated carbocycles. The zero-order valence-electron chi connectivity index (χ0n) is 12.4. The maximum absolute atomic E-state index is 12.6. The maximum atomic E-state index is 12.6. The van der Waals surface area contributed by atoms with E-state index in [-0.39, 0.29) is 11.9 Å². The van der Waals surface area contributed by atoms with E-state index in [0.29, 0.717) is 11.1 Å². The minimum atomic E-state index is -0.433. The van der Waals surface area contributed by atoms with Crippen molar-refractivity contribution in [3.8, 4) is 0 Å². The molecule has 0 spiro atoms. The van der Waals surface area contributed by atoms with Gasteiger partial charge in [0.1, 0.15) is 0 Å². The first kappa shape index (κ1) is 14.3. The van der Waals surface area contributed by atoms with Gasteiger partial charge in [-0.05, 0) is 30.2 Å². The summed E-state index contributed by atoms with van der Waals surface area (Å²) in [5.41, 5.74) is 2.06. The summed E-state index contributed by atoms with van der Waals surface area (Å²) in [6, 6.07) is 16.8. The highest BCUT2D eigenvalue weighted by Gasteiger charge is 2.33. The second-order valence-electron chi connectivity index (χ2n) is 5.29. The van der Waals surface area contributed by atoms with Crippen LogP contribution >= 0.6 is 0 Å². The van der Waals surface area contributed by atoms with Crippen LogP contribution in [0.5, 0.6) is 0 Å². The van der Waals surface area contributed by atoms with Gasteiger partial charge in [-0.3, -0.25) is 4.79 Å². The molecule has 0 N–H and O–H groups in total. The van der Waals surface area contributed by atoms with E-state index in [0.717, 1.165) is 18.5 Å². The Hall–Kier alpha value is -2.62. The van der Waals surface area contributed by atoms with Gasteiger partial charge < -0.3 is 9.64 Å². The lowest BCUT2D eigenvalue weighted by molar-refractivity contribution is 0.0460. The fourth-order valence-electron chi connectivity index (χ4n) is 2.72. The van der Waals surface area contributed by atoms with E-state index in [1.54, 1.807) is 24.3 Å². The summed E-state index contributed by atoms with van der Waals surface area (Å²) in [5, 5.41) is 0. The summed E-state index contributed by atoms with van der Waals surface area (Å²) in [5.74, 6) is -0.483. The number of esters is 1. The van der Waals surface area contributed by atoms with Gasteiger partial charge in [0.2, 0.25) is 0 Å². The fourth-order valence-corrected chi connectivity index (χ4v) is 2.72. The normalized spacial score (nSPS) is 16.8. The average Bonchev–Trinajstić information content (AvgIpc) is 2.54. The van der Waals surface area contributed by atoms with Crippen molar-refractivity contribution in [2.24, 2.45) is 0 Å². The molecule has 1 fully saturated rings. The predicted molar refractivity (Wildman–Crippen MR) is 82.6 cm³/mol. The van der Waals surface area contributed by atoms with E-state index in [9.17, 15) is 9.59 Å². The highest BCUT2D eigenvalue weighted by atomic mass is 16.5. The lowest BCUT2D eigenvalue weighted by atomic mass is 9.93. The van der Waals surface area contributed by atoms with Gasteiger partial charge in [-0.15, -0.1) is 0 Å². The molecule has 22 heavy (non-hydrogen) atoms. The van der Waals surface area contributed by atoms with Crippen molar-refractivity contribution in [2.45, 2.75) is 12.5 Å². The summed E-state index contributed by atoms with van der Waals surface area (Å²) in [7, 11) is 1.33. The van der Waals surface area contributed by atoms with Gasteiger partial charge in [0, 0.05) is 12.1 Å². The molecule has 112 valence electrons. The van der Waals surface area contributed by atoms with E-state index >= 15 is 0 Å². The summed E-state index contributed by atoms with van der Waals surface area (Å²) in [6.45, 7) is 0.737. The highest BCUT2D eigenvalue weighted by molar-refractivity contribution is 5.98. The number of ether oxygens (including phenoxy) is 1. The second kappa shape index (κ2) is 6.02. The zero-order chi connectivity index (χ0) is 15.5. The average molecular weight is 295 g/mol. The van der Waals surface area contributed by atoms with Gasteiger partial charge in [-0.2, -0.15) is 0 Å². The third-order valence-electron chi connectivity index (χ3n) is 4.00. The topological polar surface area (TPSA) is 46.6 Å². The number of rotatable bonds is 3. The number of methoxy groups -OCH3 is 1. The Labute approximate surface area is 129 Å². The van der Waals surface area contributed by atoms with E-state index in [1.807, 2.05) is 35.2 Å². The number of hydrogen-bond acceptors (Lipinski definition) is 3. The van der Waals surface area contributed by atoms with E-state index in [4.69, 9.17) is 4.74 Å². The molecule has 1 heterocycles. The van der Waals surface area contributed by atoms with Crippen molar-refractivity contribution in [1.82, 2.24) is 4.90 Å². The van der Waals surface area contributed by atoms with Crippen LogP contribution in [0.15, 0.2) is 54.6 Å². The van der Waals surface area contributed by atoms with Gasteiger partial charge in [0.25, 0.3) is 5.91 Å². The van der Waals surface area contributed by atoms with Crippen LogP contribution in [0.25, 0.3) is 0 Å². The highest BCUT2D eigenvalue weighted by Crippen LogP contribution is 2.34. The Morgan fingerprint density at radius 2 is 1.77 bits per heavy atom. The van der Waals surface area contributed by atoms with Gasteiger partial charge in [0.05, 0.1) is 18.7 Å². The zero-order valence-corrected chi connectivity index (χ0v) is 12.4. The molecule has 2 aromatic carbocycles. The minimum Gasteiger partial charge on any atom is -0.465 e. The first-order chi connectivity index (χ1) is 10.7. The van der Waals surface area contributed by atoms with Gasteiger partial charge >= 0.3 is 5.97 Å². The van der Waals surface area contributed by atoms with Gasteiger partial charge in [-0.25, -0.2) is 4.79 Å². The Morgan fingerprint density at radius 1 is 1.05 bits per heavy atom. The summed E-state index contributed by atoms with van der Waals surface area (Å²) < 4.78 is 4.70. The molecule has 0 radical (unpaired) electrons. The van der Waals surface area contributed by atoms with Crippen molar-refractivity contribution in [3.05, 3.63) is 71.3 Å². The molecule has 1 atom stereocenters. The molecule has 1 amide bonds. The molecule has 3 rings (SSSR count). The van der Waals surface area contributed by atoms with Crippen LogP contribution in [0.2, 0.25) is 0 Å². The lowest BCUT2D eigenvalue weighted by Gasteiger charge is -2.41. The summed E-state index contributed by atoms with van der Waals surface area (Å²) in [6.07, 6.45) is 0.965. The van der Waals surface area contributed by atoms with Crippen molar-refractivity contribution in [1.29, 1.82) is 0 Å². The molecule has 0 bridgehead atoms. The fraction of sp³-hybridized carbons (Fsp3) is 0.222. The Morgan fingerprint density at radius 3 is 2.41 bits per heavy atom. The van der Waals surface area contributed by atoms with E-state index < -0.39 is 5.97 Å². The second-order valence-corrected chi connectivity index (χ2v) is 5.29. The number of amides is 1. The van der Waals surface area contributed by atoms with Crippen molar-refractivity contribution >= 4 is 11.9 Å². The summed E-state index contributed by atoms with van der Waals surface area (Å²) >= 11 is 0. The van der Waals surface area contributed by atoms with Gasteiger partial charge in [0.15, 0.2) is 0 Å². The third-order valence-corrected chi connectivity index (χ3v) is 4.00. The first-order valence-electron chi connectivity index (χ1n) is 7.25. The molecule has 1 saturated heterocycles. The van der Waals surface area contributed by atoms with Crippen LogP contribution in [0.4, 0.5) is 0 Å². The molecular weight excluding hydrogens is 278 g/mol. The number of carbonyl (C=O) groups is 2. The molecule has 1 aliphatic rings. The number of likely N-dealkylation sites (tertiary alicyclic amines) is 1. The largest absolute Gasteiger partial charge is 0.465 e. The van der Waals surface area contributed by atoms with Crippen LogP contribution in [0.1, 0.15) is 38.7 Å². The lowest BCUT2D eigenvalue weighted by Crippen LogP contribution is -2.45. The predicted octanol–water partition coefficient (Wildman–Crippen LogP) is 3.06. The van der Waals surface area contributed by atoms with E-state index in [2.05, 4.69) is 0 Å². The molecule has 1 aliphatic heterocycles. The standard InChI is InChI=1S/C18H17NO3/c1-22-18(21)15-9-5-8-14(12-15)17(20)19-11-10-16(19)13-6-3-2-4-7-13/h2-9,12,16H,10-11H2,1H3/t16-/m1/s1. The smallest absolute Gasteiger partial charge is 0.337 e. The quantitative estimate of drug-likeness (QED) is 0.818. The van der Waals surface area contributed by atoms with Crippen molar-refractivity contribution in [2.75, 3.05) is 13.7 Å². The maximum Gasteiger partial charge on any atom is 0.337 e. The van der Waals surface area contributed by atoms with Crippen LogP contribution in [0, 0.1) is 0 Å². The SMILES string of the molecule is COC(=O)c1cccc(C(=O)N2CC[C@@H]2c2ccccc2)c1. The monoisotopic (exact) mass is 295 g/mol. The molecule has 4 heteroatoms. The third kappa shape index (κ3) is 2.60. The van der Waals surface area contributed by atoms with Gasteiger partial charge in [-0.1, -0.05) is 36.4 Å². The Balaban J connectivity index is 1.81. The molecule has 4 nitrogen and oxygen atoms in total. The molecule has 2 aromatic rings. The van der Waals surface area contributed by atoms with Crippen LogP contribution in [-0.4, -0.2) is 30.4 Å². The number of benzene rings is 2. The Kier molecular flexibility index (Phi) is 3.92. The Bertz CT molecular complexity index is 696. The van der Waals surface area contributed by atoms with Crippen molar-refractivity contribution in [3.63, 3.8) is 0 Å². The van der Waals surface area contributed by atoms with Crippen LogP contribution < -0.4 is 0 Å². The number of nitrogens with zero attached hydrogens (tertiary/aromatic N) is 1. The first-order valence-corrected chi connectivity index (χ1v) is 7.25. The number of hydrogen-bond donors (Lipinski definition) is 0. The molecule has 0 aromatic heterocycles. The van der Waals surface area contributed by atoms with Crippen molar-refractivity contribution < 1.29 is 14.3 Å². The minimum absolute atomic E-state index is 0.0501. The van der Waals surface area contributed by atoms with Crippen LogP contribution in [0.3, 0.4) is 0 Å². The summed E-state index contributed by atoms with van der Waals surface area (Å²) in [4.78, 5) is 26.1. The molecular formula is C18H17NO3. The number of carbonyl (C=O) groups excluding carboxylic acids is 2. The van der Waals surface area contributed by atoms with Crippen LogP contribution in [-0.2, 0) is 4.74 Å².